The molecule has 1 heterocycles. The van der Waals surface area contributed by atoms with E-state index in [1.54, 1.807) is 18.7 Å². The molecule has 0 aliphatic carbocycles. The van der Waals surface area contributed by atoms with Crippen molar-refractivity contribution in [3.05, 3.63) is 0 Å². The lowest BCUT2D eigenvalue weighted by Gasteiger charge is -2.36. The van der Waals surface area contributed by atoms with Crippen molar-refractivity contribution in [1.29, 1.82) is 0 Å². The molecule has 0 spiro atoms. The first-order valence-electron chi connectivity index (χ1n) is 9.96. The van der Waals surface area contributed by atoms with Crippen LogP contribution < -0.4 is 5.32 Å². The number of nitrogens with zero attached hydrogens (tertiary/aromatic N) is 1. The third-order valence-corrected chi connectivity index (χ3v) is 5.68. The van der Waals surface area contributed by atoms with E-state index in [1.807, 2.05) is 0 Å². The van der Waals surface area contributed by atoms with Crippen LogP contribution in [0.25, 0.3) is 0 Å². The molecule has 168 valence electrons. The molecule has 0 unspecified atom stereocenters. The lowest BCUT2D eigenvalue weighted by Crippen LogP contribution is -2.54. The molecule has 0 aromatic carbocycles. The summed E-state index contributed by atoms with van der Waals surface area (Å²) < 4.78 is 0. The Labute approximate surface area is 166 Å². The lowest BCUT2D eigenvalue weighted by molar-refractivity contribution is -0.124. The van der Waals surface area contributed by atoms with E-state index >= 15 is 0 Å². The molecule has 1 aliphatic rings. The Morgan fingerprint density at radius 2 is 1.39 bits per heavy atom. The Kier molecular flexibility index (Phi) is 11.3. The normalized spacial score (nSPS) is 26.5. The Morgan fingerprint density at radius 1 is 0.857 bits per heavy atom. The highest BCUT2D eigenvalue weighted by molar-refractivity contribution is 4.89. The fraction of sp³-hybridized carbons (Fsp3) is 1.00. The Balaban J connectivity index is 2.78. The summed E-state index contributed by atoms with van der Waals surface area (Å²) in [6.07, 6.45) is -8.38. The lowest BCUT2D eigenvalue weighted by atomic mass is 9.92. The number of rotatable bonds is 13. The molecule has 1 saturated heterocycles. The highest BCUT2D eigenvalue weighted by atomic mass is 16.4. The zero-order chi connectivity index (χ0) is 21.4. The van der Waals surface area contributed by atoms with Gasteiger partial charge in [-0.3, -0.25) is 4.90 Å². The van der Waals surface area contributed by atoms with Gasteiger partial charge in [0.25, 0.3) is 0 Å². The molecule has 10 nitrogen and oxygen atoms in total. The van der Waals surface area contributed by atoms with Crippen LogP contribution in [0.1, 0.15) is 26.7 Å². The number of aliphatic hydroxyl groups is 8. The minimum atomic E-state index is -1.72. The van der Waals surface area contributed by atoms with Crippen LogP contribution in [-0.4, -0.2) is 127 Å². The largest absolute Gasteiger partial charge is 0.394 e. The minimum absolute atomic E-state index is 0.00326. The highest BCUT2D eigenvalue weighted by Crippen LogP contribution is 2.18. The summed E-state index contributed by atoms with van der Waals surface area (Å²) in [7, 11) is 0. The summed E-state index contributed by atoms with van der Waals surface area (Å²) in [6, 6.07) is -0.0602. The van der Waals surface area contributed by atoms with Crippen molar-refractivity contribution in [3.63, 3.8) is 0 Å². The molecule has 0 aromatic heterocycles. The third kappa shape index (κ3) is 7.13. The van der Waals surface area contributed by atoms with E-state index in [9.17, 15) is 35.7 Å². The number of nitrogens with one attached hydrogen (secondary N) is 1. The Morgan fingerprint density at radius 3 is 1.86 bits per heavy atom. The van der Waals surface area contributed by atoms with Gasteiger partial charge >= 0.3 is 0 Å². The van der Waals surface area contributed by atoms with Crippen molar-refractivity contribution in [2.75, 3.05) is 32.8 Å². The maximum atomic E-state index is 10.5. The predicted molar refractivity (Wildman–Crippen MR) is 101 cm³/mol. The van der Waals surface area contributed by atoms with Crippen molar-refractivity contribution < 1.29 is 40.9 Å². The fourth-order valence-electron chi connectivity index (χ4n) is 3.53. The average molecular weight is 411 g/mol. The molecule has 0 saturated carbocycles. The average Bonchev–Trinajstić information content (AvgIpc) is 3.24. The molecule has 28 heavy (non-hydrogen) atoms. The molecule has 0 amide bonds. The summed E-state index contributed by atoms with van der Waals surface area (Å²) in [5.74, 6) is -0.541. The van der Waals surface area contributed by atoms with E-state index < -0.39 is 55.3 Å². The van der Waals surface area contributed by atoms with Gasteiger partial charge in [0.2, 0.25) is 0 Å². The maximum absolute atomic E-state index is 10.5. The standard InChI is InChI=1S/C18H38N2O8/c1-3-12(22)10(2)16(26)13(23)7-20(11-4-5-19-6-11)8-14(24)17(27)18(28)15(25)9-21/h10-19,21-28H,3-9H2,1-2H3/t10-,11-,12-,13+,14+,15-,16+,17-,18-/m1/s1. The zero-order valence-electron chi connectivity index (χ0n) is 16.7. The number of hydrogen-bond acceptors (Lipinski definition) is 10. The minimum Gasteiger partial charge on any atom is -0.394 e. The van der Waals surface area contributed by atoms with Crippen LogP contribution >= 0.6 is 0 Å². The fourth-order valence-corrected chi connectivity index (χ4v) is 3.53. The third-order valence-electron chi connectivity index (χ3n) is 5.68. The SMILES string of the molecule is CC[C@@H](O)[C@@H](C)[C@H](O)[C@@H](O)CN(C[C@H](O)[C@@H](O)[C@H](O)[C@H](O)CO)[C@@H]1CCNC1. The summed E-state index contributed by atoms with van der Waals surface area (Å²) in [4.78, 5) is 1.71. The monoisotopic (exact) mass is 410 g/mol. The summed E-state index contributed by atoms with van der Waals surface area (Å²) in [5, 5.41) is 82.4. The molecule has 1 rings (SSSR count). The summed E-state index contributed by atoms with van der Waals surface area (Å²) in [5.41, 5.74) is 0. The predicted octanol–water partition coefficient (Wildman–Crippen LogP) is -3.78. The van der Waals surface area contributed by atoms with Gasteiger partial charge in [0, 0.05) is 31.6 Å². The Hall–Kier alpha value is -0.400. The zero-order valence-corrected chi connectivity index (χ0v) is 16.7. The van der Waals surface area contributed by atoms with Crippen molar-refractivity contribution in [2.45, 2.75) is 75.5 Å². The summed E-state index contributed by atoms with van der Waals surface area (Å²) >= 11 is 0. The molecule has 10 heteroatoms. The summed E-state index contributed by atoms with van der Waals surface area (Å²) in [6.45, 7) is 3.89. The van der Waals surface area contributed by atoms with Crippen LogP contribution in [0.3, 0.4) is 0 Å². The van der Waals surface area contributed by atoms with Gasteiger partial charge in [-0.2, -0.15) is 0 Å². The van der Waals surface area contributed by atoms with Crippen molar-refractivity contribution in [1.82, 2.24) is 10.2 Å². The smallest absolute Gasteiger partial charge is 0.111 e. The second-order valence-electron chi connectivity index (χ2n) is 7.79. The van der Waals surface area contributed by atoms with Crippen LogP contribution in [0.2, 0.25) is 0 Å². The Bertz CT molecular complexity index is 396. The van der Waals surface area contributed by atoms with Crippen LogP contribution in [0, 0.1) is 5.92 Å². The van der Waals surface area contributed by atoms with Gasteiger partial charge in [0.05, 0.1) is 31.0 Å². The second-order valence-corrected chi connectivity index (χ2v) is 7.79. The molecule has 0 bridgehead atoms. The first kappa shape index (κ1) is 25.6. The van der Waals surface area contributed by atoms with Crippen LogP contribution in [0.5, 0.6) is 0 Å². The van der Waals surface area contributed by atoms with Gasteiger partial charge in [-0.05, 0) is 19.4 Å². The molecule has 0 radical (unpaired) electrons. The van der Waals surface area contributed by atoms with Gasteiger partial charge in [0.15, 0.2) is 0 Å². The van der Waals surface area contributed by atoms with Gasteiger partial charge in [-0.15, -0.1) is 0 Å². The number of aliphatic hydroxyl groups excluding tert-OH is 8. The molecule has 9 atom stereocenters. The topological polar surface area (TPSA) is 177 Å². The molecular formula is C18H38N2O8. The van der Waals surface area contributed by atoms with E-state index in [0.29, 0.717) is 13.0 Å². The van der Waals surface area contributed by atoms with Crippen molar-refractivity contribution in [2.24, 2.45) is 5.92 Å². The first-order valence-corrected chi connectivity index (χ1v) is 9.96. The van der Waals surface area contributed by atoms with Crippen molar-refractivity contribution >= 4 is 0 Å². The van der Waals surface area contributed by atoms with Gasteiger partial charge in [-0.25, -0.2) is 0 Å². The number of hydrogen-bond donors (Lipinski definition) is 9. The molecule has 0 aromatic rings. The van der Waals surface area contributed by atoms with E-state index in [4.69, 9.17) is 5.11 Å². The van der Waals surface area contributed by atoms with Gasteiger partial charge in [-0.1, -0.05) is 13.8 Å². The first-order chi connectivity index (χ1) is 13.1. The van der Waals surface area contributed by atoms with E-state index in [-0.39, 0.29) is 19.1 Å². The molecule has 9 N–H and O–H groups in total. The maximum Gasteiger partial charge on any atom is 0.111 e. The molecule has 1 fully saturated rings. The van der Waals surface area contributed by atoms with Crippen LogP contribution in [0.15, 0.2) is 0 Å². The highest BCUT2D eigenvalue weighted by Gasteiger charge is 2.35. The van der Waals surface area contributed by atoms with Crippen LogP contribution in [-0.2, 0) is 0 Å². The van der Waals surface area contributed by atoms with Crippen LogP contribution in [0.4, 0.5) is 0 Å². The van der Waals surface area contributed by atoms with E-state index in [2.05, 4.69) is 5.32 Å². The van der Waals surface area contributed by atoms with E-state index in [1.165, 1.54) is 0 Å². The molecular weight excluding hydrogens is 372 g/mol. The molecule has 1 aliphatic heterocycles. The van der Waals surface area contributed by atoms with E-state index in [0.717, 1.165) is 13.0 Å². The van der Waals surface area contributed by atoms with Crippen molar-refractivity contribution in [3.8, 4) is 0 Å². The second kappa shape index (κ2) is 12.3. The quantitative estimate of drug-likeness (QED) is 0.146. The van der Waals surface area contributed by atoms with Gasteiger partial charge < -0.3 is 46.2 Å². The van der Waals surface area contributed by atoms with Gasteiger partial charge in [0.1, 0.15) is 18.3 Å².